The van der Waals surface area contributed by atoms with Crippen LogP contribution in [0.3, 0.4) is 0 Å². The van der Waals surface area contributed by atoms with E-state index < -0.39 is 38.1 Å². The number of nitrogens with one attached hydrogen (secondary N) is 1. The maximum absolute atomic E-state index is 14.6. The molecule has 2 saturated heterocycles. The summed E-state index contributed by atoms with van der Waals surface area (Å²) in [5.74, 6) is -1.89. The van der Waals surface area contributed by atoms with Crippen LogP contribution in [0, 0.1) is 17.1 Å². The van der Waals surface area contributed by atoms with Crippen LogP contribution < -0.4 is 0 Å². The van der Waals surface area contributed by atoms with Crippen LogP contribution in [0.2, 0.25) is 0 Å². The number of pyridine rings is 1. The van der Waals surface area contributed by atoms with Gasteiger partial charge < -0.3 is 4.90 Å². The van der Waals surface area contributed by atoms with E-state index in [2.05, 4.69) is 41.2 Å². The first-order valence-corrected chi connectivity index (χ1v) is 15.0. The molecule has 0 saturated carbocycles. The van der Waals surface area contributed by atoms with Gasteiger partial charge in [0.05, 0.1) is 41.5 Å². The summed E-state index contributed by atoms with van der Waals surface area (Å²) < 4.78 is 82.9. The summed E-state index contributed by atoms with van der Waals surface area (Å²) in [5, 5.41) is 21.9. The second-order valence-corrected chi connectivity index (χ2v) is 12.6. The molecular formula is C26H26F4N10O2S. The molecule has 0 aliphatic carbocycles. The molecule has 6 heterocycles. The Labute approximate surface area is 243 Å². The summed E-state index contributed by atoms with van der Waals surface area (Å²) in [6, 6.07) is 3.09. The van der Waals surface area contributed by atoms with E-state index in [1.165, 1.54) is 6.33 Å². The number of fused-ring (bicyclic) bond motifs is 1. The topological polar surface area (TPSA) is 150 Å². The number of piperidine rings is 2. The molecule has 226 valence electrons. The molecule has 0 spiro atoms. The fourth-order valence-corrected chi connectivity index (χ4v) is 7.57. The lowest BCUT2D eigenvalue weighted by Gasteiger charge is -2.45. The summed E-state index contributed by atoms with van der Waals surface area (Å²) in [6.07, 6.45) is 4.61. The fourth-order valence-electron chi connectivity index (χ4n) is 6.05. The van der Waals surface area contributed by atoms with Crippen molar-refractivity contribution in [2.75, 3.05) is 26.2 Å². The van der Waals surface area contributed by atoms with Gasteiger partial charge in [-0.2, -0.15) is 32.9 Å². The van der Waals surface area contributed by atoms with Crippen LogP contribution in [0.5, 0.6) is 0 Å². The first-order chi connectivity index (χ1) is 20.5. The highest BCUT2D eigenvalue weighted by Crippen LogP contribution is 2.37. The van der Waals surface area contributed by atoms with E-state index in [1.54, 1.807) is 12.4 Å². The molecule has 0 aromatic carbocycles. The molecular weight excluding hydrogens is 592 g/mol. The van der Waals surface area contributed by atoms with Crippen LogP contribution in [0.15, 0.2) is 42.1 Å². The third kappa shape index (κ3) is 5.23. The summed E-state index contributed by atoms with van der Waals surface area (Å²) >= 11 is 0. The average molecular weight is 619 g/mol. The number of aromatic nitrogens is 7. The summed E-state index contributed by atoms with van der Waals surface area (Å²) in [4.78, 5) is 12.8. The van der Waals surface area contributed by atoms with E-state index in [1.807, 2.05) is 10.9 Å². The smallest absolute Gasteiger partial charge is 0.300 e. The molecule has 2 aliphatic rings. The van der Waals surface area contributed by atoms with Crippen LogP contribution in [0.25, 0.3) is 22.3 Å². The molecule has 2 aliphatic heterocycles. The van der Waals surface area contributed by atoms with Gasteiger partial charge in [0, 0.05) is 50.2 Å². The van der Waals surface area contributed by atoms with Crippen LogP contribution >= 0.6 is 0 Å². The van der Waals surface area contributed by atoms with Crippen molar-refractivity contribution in [2.24, 2.45) is 0 Å². The quantitative estimate of drug-likeness (QED) is 0.321. The molecule has 0 amide bonds. The van der Waals surface area contributed by atoms with E-state index in [0.717, 1.165) is 21.3 Å². The van der Waals surface area contributed by atoms with E-state index in [4.69, 9.17) is 0 Å². The van der Waals surface area contributed by atoms with Gasteiger partial charge in [0.2, 0.25) is 10.0 Å². The lowest BCUT2D eigenvalue weighted by atomic mass is 9.84. The third-order valence-electron chi connectivity index (χ3n) is 8.41. The second kappa shape index (κ2) is 10.9. The number of rotatable bonds is 6. The molecule has 12 nitrogen and oxygen atoms in total. The number of aromatic amines is 1. The minimum atomic E-state index is -5.11. The minimum Gasteiger partial charge on any atom is -0.300 e. The molecule has 43 heavy (non-hydrogen) atoms. The highest BCUT2D eigenvalue weighted by Gasteiger charge is 2.42. The molecule has 0 unspecified atom stereocenters. The fraction of sp³-hybridized carbons (Fsp3) is 0.462. The van der Waals surface area contributed by atoms with Crippen LogP contribution in [0.1, 0.15) is 37.8 Å². The predicted molar refractivity (Wildman–Crippen MR) is 143 cm³/mol. The van der Waals surface area contributed by atoms with Crippen molar-refractivity contribution in [1.82, 2.24) is 44.1 Å². The maximum atomic E-state index is 14.6. The lowest BCUT2D eigenvalue weighted by molar-refractivity contribution is -0.144. The number of alkyl halides is 3. The highest BCUT2D eigenvalue weighted by molar-refractivity contribution is 7.89. The van der Waals surface area contributed by atoms with Crippen molar-refractivity contribution in [2.45, 2.75) is 54.8 Å². The van der Waals surface area contributed by atoms with Crippen molar-refractivity contribution in [3.05, 3.63) is 48.7 Å². The van der Waals surface area contributed by atoms with Gasteiger partial charge in [0.25, 0.3) is 0 Å². The number of nitriles is 1. The van der Waals surface area contributed by atoms with E-state index in [-0.39, 0.29) is 25.6 Å². The number of sulfonamides is 1. The van der Waals surface area contributed by atoms with Gasteiger partial charge >= 0.3 is 6.18 Å². The van der Waals surface area contributed by atoms with Gasteiger partial charge in [-0.1, -0.05) is 0 Å². The van der Waals surface area contributed by atoms with Crippen LogP contribution in [0.4, 0.5) is 17.6 Å². The molecule has 0 bridgehead atoms. The van der Waals surface area contributed by atoms with Gasteiger partial charge in [-0.3, -0.25) is 9.78 Å². The Balaban J connectivity index is 1.13. The number of hydrogen-bond donors (Lipinski definition) is 1. The first-order valence-electron chi connectivity index (χ1n) is 13.6. The monoisotopic (exact) mass is 618 g/mol. The predicted octanol–water partition coefficient (Wildman–Crippen LogP) is 3.33. The van der Waals surface area contributed by atoms with Gasteiger partial charge in [-0.05, 0) is 31.7 Å². The second-order valence-electron chi connectivity index (χ2n) is 10.7. The zero-order chi connectivity index (χ0) is 30.4. The Bertz CT molecular complexity index is 1780. The average Bonchev–Trinajstić information content (AvgIpc) is 3.68. The Hall–Kier alpha value is -4.01. The molecule has 2 fully saturated rings. The first kappa shape index (κ1) is 29.1. The molecule has 4 aromatic rings. The lowest BCUT2D eigenvalue weighted by Crippen LogP contribution is -2.52. The zero-order valence-electron chi connectivity index (χ0n) is 22.7. The van der Waals surface area contributed by atoms with Crippen molar-refractivity contribution < 1.29 is 26.0 Å². The number of halogens is 4. The van der Waals surface area contributed by atoms with Gasteiger partial charge in [0.1, 0.15) is 11.2 Å². The van der Waals surface area contributed by atoms with Crippen molar-refractivity contribution >= 4 is 21.1 Å². The Kier molecular flexibility index (Phi) is 7.39. The van der Waals surface area contributed by atoms with Crippen molar-refractivity contribution in [1.29, 1.82) is 5.26 Å². The molecule has 17 heteroatoms. The Morgan fingerprint density at radius 2 is 1.84 bits per heavy atom. The zero-order valence-corrected chi connectivity index (χ0v) is 23.5. The number of H-pyrrole nitrogens is 1. The summed E-state index contributed by atoms with van der Waals surface area (Å²) in [7, 11) is -4.49. The van der Waals surface area contributed by atoms with Gasteiger partial charge in [-0.25, -0.2) is 27.8 Å². The number of likely N-dealkylation sites (tertiary alicyclic amines) is 1. The summed E-state index contributed by atoms with van der Waals surface area (Å²) in [6.45, 7) is 1.36. The molecule has 6 rings (SSSR count). The number of hydrogen-bond acceptors (Lipinski definition) is 9. The maximum Gasteiger partial charge on any atom is 0.436 e. The third-order valence-corrected chi connectivity index (χ3v) is 10.3. The standard InChI is InChI=1S/C26H26F4N10O2S/c27-21-20(1-8-32-23(21)26(28,29)30)43(41,42)39-9-2-18(3-10-39)38-11-5-25(4-7-31,6-12-38)40-15-17(13-36-40)22-19-14-35-37-24(19)34-16-33-22/h1,8,13-16,18H,2-6,9-12H2,(H,33,34,35,37). The van der Waals surface area contributed by atoms with Crippen LogP contribution in [-0.4, -0.2) is 84.8 Å². The van der Waals surface area contributed by atoms with E-state index in [0.29, 0.717) is 56.3 Å². The molecule has 1 N–H and O–H groups in total. The van der Waals surface area contributed by atoms with Gasteiger partial charge in [-0.15, -0.1) is 0 Å². The van der Waals surface area contributed by atoms with E-state index in [9.17, 15) is 31.2 Å². The minimum absolute atomic E-state index is 0.0307. The largest absolute Gasteiger partial charge is 0.436 e. The van der Waals surface area contributed by atoms with Gasteiger partial charge in [0.15, 0.2) is 17.2 Å². The SMILES string of the molecule is N#CCC1(n2cc(-c3ncnc4[nH]ncc34)cn2)CCN(C2CCN(S(=O)(=O)c3ccnc(C(F)(F)F)c3F)CC2)CC1. The Morgan fingerprint density at radius 3 is 2.53 bits per heavy atom. The normalized spacial score (nSPS) is 19.0. The van der Waals surface area contributed by atoms with Crippen molar-refractivity contribution in [3.8, 4) is 17.3 Å². The van der Waals surface area contributed by atoms with E-state index >= 15 is 0 Å². The van der Waals surface area contributed by atoms with Crippen molar-refractivity contribution in [3.63, 3.8) is 0 Å². The molecule has 4 aromatic heterocycles. The Morgan fingerprint density at radius 1 is 1.09 bits per heavy atom. The summed E-state index contributed by atoms with van der Waals surface area (Å²) in [5.41, 5.74) is -0.333. The molecule has 0 atom stereocenters. The number of nitrogens with zero attached hydrogens (tertiary/aromatic N) is 9. The van der Waals surface area contributed by atoms with Crippen LogP contribution in [-0.2, 0) is 21.7 Å². The highest BCUT2D eigenvalue weighted by atomic mass is 32.2. The molecule has 0 radical (unpaired) electrons.